The Labute approximate surface area is 444 Å². The van der Waals surface area contributed by atoms with Crippen molar-refractivity contribution in [2.24, 2.45) is 0 Å². The Balaban J connectivity index is 0.771. The van der Waals surface area contributed by atoms with Gasteiger partial charge in [-0.05, 0) is 171 Å². The molecule has 14 heteroatoms. The molecule has 0 saturated heterocycles. The van der Waals surface area contributed by atoms with E-state index in [0.717, 1.165) is 44.3 Å². The van der Waals surface area contributed by atoms with Crippen LogP contribution in [0, 0.1) is 55.4 Å². The van der Waals surface area contributed by atoms with Gasteiger partial charge in [0.15, 0.2) is 0 Å². The first-order valence-electron chi connectivity index (χ1n) is 22.7. The molecule has 4 nitrogen and oxygen atoms in total. The van der Waals surface area contributed by atoms with Gasteiger partial charge in [0.1, 0.15) is 22.1 Å². The van der Waals surface area contributed by atoms with E-state index in [9.17, 15) is 0 Å². The third-order valence-corrected chi connectivity index (χ3v) is 25.0. The number of thiophene rings is 8. The van der Waals surface area contributed by atoms with Crippen molar-refractivity contribution in [2.75, 3.05) is 0 Å². The highest BCUT2D eigenvalue weighted by Crippen LogP contribution is 2.52. The van der Waals surface area contributed by atoms with Crippen LogP contribution in [0.4, 0.5) is 0 Å². The Morgan fingerprint density at radius 1 is 0.286 bits per heavy atom. The fourth-order valence-corrected chi connectivity index (χ4v) is 20.9. The lowest BCUT2D eigenvalue weighted by Gasteiger charge is -2.03. The molecule has 0 aliphatic rings. The van der Waals surface area contributed by atoms with E-state index >= 15 is 0 Å². The van der Waals surface area contributed by atoms with Gasteiger partial charge in [0.2, 0.25) is 0 Å². The third-order valence-electron chi connectivity index (χ3n) is 13.8. The third kappa shape index (κ3) is 6.68. The first kappa shape index (κ1) is 43.9. The van der Waals surface area contributed by atoms with Gasteiger partial charge in [0.05, 0.1) is 23.5 Å². The zero-order valence-electron chi connectivity index (χ0n) is 39.0. The van der Waals surface area contributed by atoms with Crippen LogP contribution in [0.2, 0.25) is 0 Å². The molecule has 10 heterocycles. The molecule has 0 amide bonds. The minimum Gasteiger partial charge on any atom is -0.172 e. The molecule has 14 rings (SSSR count). The summed E-state index contributed by atoms with van der Waals surface area (Å²) in [4.78, 5) is 15.6. The standard InChI is InChI=1S/C56H38N4S10/c1-23-17-42(64-51(23)45-21-37-28(6)53-35(19-26(4)62-53)27(5)55(37)67-45)33-12-13-34(50-49(33)59-70-60-50)43-18-24(2)52(65-43)46-22-38-30(8)54-36(29(7)56(38)68-46)20-44(66-54)41-16-15-40(63-41)32-11-10-31(39-14-9-25(3)61-39)47-48(32)58-69-57-47/h9-22H,1-8H3. The quantitative estimate of drug-likeness (QED) is 0.160. The fraction of sp³-hybridized carbons (Fsp3) is 0.143. The molecule has 0 spiro atoms. The van der Waals surface area contributed by atoms with E-state index in [-0.39, 0.29) is 0 Å². The average molecular weight is 1090 g/mol. The van der Waals surface area contributed by atoms with Crippen LogP contribution >= 0.6 is 114 Å². The van der Waals surface area contributed by atoms with Gasteiger partial charge in [0, 0.05) is 99.6 Å². The molecular formula is C56H38N4S10. The van der Waals surface area contributed by atoms with Crippen LogP contribution in [0.3, 0.4) is 0 Å². The summed E-state index contributed by atoms with van der Waals surface area (Å²) < 4.78 is 25.0. The van der Waals surface area contributed by atoms with Crippen LogP contribution in [0.25, 0.3) is 133 Å². The maximum atomic E-state index is 4.95. The summed E-state index contributed by atoms with van der Waals surface area (Å²) in [6.07, 6.45) is 0. The summed E-state index contributed by atoms with van der Waals surface area (Å²) in [5.74, 6) is 0. The lowest BCUT2D eigenvalue weighted by molar-refractivity contribution is 1.54. The van der Waals surface area contributed by atoms with Crippen molar-refractivity contribution in [1.29, 1.82) is 0 Å². The first-order valence-corrected chi connectivity index (χ1v) is 30.7. The van der Waals surface area contributed by atoms with Crippen LogP contribution in [0.1, 0.15) is 43.1 Å². The normalized spacial score (nSPS) is 12.3. The predicted molar refractivity (Wildman–Crippen MR) is 317 cm³/mol. The largest absolute Gasteiger partial charge is 0.172 e. The zero-order chi connectivity index (χ0) is 47.4. The number of rotatable bonds is 7. The summed E-state index contributed by atoms with van der Waals surface area (Å²) >= 11 is 17.7. The molecule has 70 heavy (non-hydrogen) atoms. The molecule has 0 unspecified atom stereocenters. The van der Waals surface area contributed by atoms with Crippen LogP contribution in [0.15, 0.2) is 84.9 Å². The second-order valence-electron chi connectivity index (χ2n) is 18.2. The average Bonchev–Trinajstić information content (AvgIpc) is 4.18. The zero-order valence-corrected chi connectivity index (χ0v) is 47.1. The molecule has 0 fully saturated rings. The smallest absolute Gasteiger partial charge is 0.114 e. The van der Waals surface area contributed by atoms with Crippen LogP contribution < -0.4 is 0 Å². The van der Waals surface area contributed by atoms with E-state index in [1.165, 1.54) is 156 Å². The van der Waals surface area contributed by atoms with Crippen LogP contribution in [-0.4, -0.2) is 17.5 Å². The highest BCUT2D eigenvalue weighted by atomic mass is 32.1. The maximum Gasteiger partial charge on any atom is 0.114 e. The minimum atomic E-state index is 0.985. The number of hydrogen-bond donors (Lipinski definition) is 0. The fourth-order valence-electron chi connectivity index (χ4n) is 10.2. The number of aromatic nitrogens is 4. The van der Waals surface area contributed by atoms with Crippen molar-refractivity contribution in [2.45, 2.75) is 55.4 Å². The van der Waals surface area contributed by atoms with E-state index in [4.69, 9.17) is 17.5 Å². The van der Waals surface area contributed by atoms with Gasteiger partial charge < -0.3 is 0 Å². The molecule has 14 aromatic rings. The van der Waals surface area contributed by atoms with E-state index in [1.54, 1.807) is 0 Å². The van der Waals surface area contributed by atoms with Crippen molar-refractivity contribution in [1.82, 2.24) is 17.5 Å². The molecule has 342 valence electrons. The topological polar surface area (TPSA) is 51.6 Å². The number of fused-ring (bicyclic) bond motifs is 6. The molecule has 10 aromatic heterocycles. The van der Waals surface area contributed by atoms with Gasteiger partial charge in [-0.1, -0.05) is 24.3 Å². The second-order valence-corrected chi connectivity index (χ2v) is 28.2. The predicted octanol–water partition coefficient (Wildman–Crippen LogP) is 20.9. The van der Waals surface area contributed by atoms with Crippen molar-refractivity contribution in [3.63, 3.8) is 0 Å². The lowest BCUT2D eigenvalue weighted by atomic mass is 10.0. The van der Waals surface area contributed by atoms with E-state index in [0.29, 0.717) is 0 Å². The monoisotopic (exact) mass is 1090 g/mol. The Morgan fingerprint density at radius 2 is 0.671 bits per heavy atom. The summed E-state index contributed by atoms with van der Waals surface area (Å²) in [6, 6.07) is 32.3. The lowest BCUT2D eigenvalue weighted by Crippen LogP contribution is -1.82. The molecule has 0 aliphatic carbocycles. The summed E-state index contributed by atoms with van der Waals surface area (Å²) in [6.45, 7) is 18.1. The van der Waals surface area contributed by atoms with Gasteiger partial charge in [-0.25, -0.2) is 0 Å². The molecule has 0 radical (unpaired) electrons. The molecular weight excluding hydrogens is 1050 g/mol. The molecule has 0 bridgehead atoms. The number of nitrogens with zero attached hydrogens (tertiary/aromatic N) is 4. The molecule has 0 atom stereocenters. The Morgan fingerprint density at radius 3 is 1.14 bits per heavy atom. The molecule has 4 aromatic carbocycles. The summed E-state index contributed by atoms with van der Waals surface area (Å²) in [5, 5.41) is 5.51. The van der Waals surface area contributed by atoms with Gasteiger partial charge in [0.25, 0.3) is 0 Å². The Bertz CT molecular complexity index is 4370. The van der Waals surface area contributed by atoms with Crippen molar-refractivity contribution in [3.05, 3.63) is 128 Å². The van der Waals surface area contributed by atoms with Gasteiger partial charge in [-0.15, -0.1) is 90.7 Å². The van der Waals surface area contributed by atoms with Gasteiger partial charge in [-0.3, -0.25) is 0 Å². The number of aryl methyl sites for hydroxylation is 8. The Hall–Kier alpha value is -4.84. The van der Waals surface area contributed by atoms with Crippen LogP contribution in [0.5, 0.6) is 0 Å². The SMILES string of the molecule is Cc1ccc(-c2ccc(-c3ccc(-c4cc5c(C)c6sc(-c7sc(-c8ccc(-c9cc(C)c(-c%10cc%11c(C)c%12sc(C)cc%12c(C)c%11s%10)s9)c9nsnc89)cc7C)cc6c(C)c5s4)s3)c3nsnc23)s1. The van der Waals surface area contributed by atoms with Crippen molar-refractivity contribution in [3.8, 4) is 71.0 Å². The van der Waals surface area contributed by atoms with Gasteiger partial charge in [-0.2, -0.15) is 17.5 Å². The van der Waals surface area contributed by atoms with E-state index < -0.39 is 0 Å². The first-order chi connectivity index (χ1) is 33.9. The summed E-state index contributed by atoms with van der Waals surface area (Å²) in [5.41, 5.74) is 16.7. The molecule has 0 N–H and O–H groups in total. The second kappa shape index (κ2) is 16.3. The maximum absolute atomic E-state index is 4.95. The number of hydrogen-bond acceptors (Lipinski definition) is 14. The molecule has 0 aliphatic heterocycles. The van der Waals surface area contributed by atoms with Crippen molar-refractivity contribution >= 4 is 177 Å². The van der Waals surface area contributed by atoms with Gasteiger partial charge >= 0.3 is 0 Å². The highest BCUT2D eigenvalue weighted by molar-refractivity contribution is 7.29. The number of benzene rings is 4. The molecule has 0 saturated carbocycles. The van der Waals surface area contributed by atoms with E-state index in [1.807, 2.05) is 90.7 Å². The van der Waals surface area contributed by atoms with Crippen LogP contribution in [-0.2, 0) is 0 Å². The minimum absolute atomic E-state index is 0.985. The van der Waals surface area contributed by atoms with Crippen molar-refractivity contribution < 1.29 is 0 Å². The Kier molecular flexibility index (Phi) is 10.2. The van der Waals surface area contributed by atoms with E-state index in [2.05, 4.69) is 140 Å². The summed E-state index contributed by atoms with van der Waals surface area (Å²) in [7, 11) is 0. The highest BCUT2D eigenvalue weighted by Gasteiger charge is 2.24.